The zero-order chi connectivity index (χ0) is 14.1. The van der Waals surface area contributed by atoms with Crippen LogP contribution in [0.3, 0.4) is 0 Å². The molecule has 100 valence electrons. The molecule has 0 aliphatic carbocycles. The van der Waals surface area contributed by atoms with E-state index in [4.69, 9.17) is 5.73 Å². The van der Waals surface area contributed by atoms with Gasteiger partial charge in [-0.1, -0.05) is 32.9 Å². The largest absolute Gasteiger partial charge is 0.416 e. The van der Waals surface area contributed by atoms with Crippen LogP contribution in [-0.4, -0.2) is 11.8 Å². The summed E-state index contributed by atoms with van der Waals surface area (Å²) in [6, 6.07) is 3.50. The summed E-state index contributed by atoms with van der Waals surface area (Å²) in [5.74, 6) is -0.478. The third-order valence-electron chi connectivity index (χ3n) is 2.69. The Morgan fingerprint density at radius 1 is 1.22 bits per heavy atom. The summed E-state index contributed by atoms with van der Waals surface area (Å²) in [5.41, 5.74) is 4.41. The molecule has 1 rings (SSSR count). The molecule has 1 aromatic rings. The molecule has 0 aliphatic rings. The predicted octanol–water partition coefficient (Wildman–Crippen LogP) is 3.26. The van der Waals surface area contributed by atoms with Crippen molar-refractivity contribution < 1.29 is 18.0 Å². The van der Waals surface area contributed by atoms with E-state index in [-0.39, 0.29) is 5.56 Å². The first-order valence-corrected chi connectivity index (χ1v) is 5.50. The van der Waals surface area contributed by atoms with Crippen LogP contribution in [0.5, 0.6) is 0 Å². The second-order valence-electron chi connectivity index (χ2n) is 5.29. The Morgan fingerprint density at radius 2 is 1.78 bits per heavy atom. The molecule has 0 saturated heterocycles. The lowest BCUT2D eigenvalue weighted by molar-refractivity contribution is -0.137. The summed E-state index contributed by atoms with van der Waals surface area (Å²) in [5, 5.41) is 0. The van der Waals surface area contributed by atoms with Crippen molar-refractivity contribution in [3.05, 3.63) is 35.4 Å². The van der Waals surface area contributed by atoms with Gasteiger partial charge in [0.05, 0.1) is 11.6 Å². The SMILES string of the molecule is CC(C)(C)C(N)C(=O)c1cccc(C(F)(F)F)c1. The standard InChI is InChI=1S/C13H16F3NO/c1-12(2,3)11(17)10(18)8-5-4-6-9(7-8)13(14,15)16/h4-7,11H,17H2,1-3H3. The number of hydrogen-bond acceptors (Lipinski definition) is 2. The van der Waals surface area contributed by atoms with Gasteiger partial charge < -0.3 is 5.73 Å². The summed E-state index contributed by atoms with van der Waals surface area (Å²) in [6.45, 7) is 5.30. The summed E-state index contributed by atoms with van der Waals surface area (Å²) in [4.78, 5) is 12.0. The normalized spacial score (nSPS) is 14.4. The number of carbonyl (C=O) groups excluding carboxylic acids is 1. The molecule has 0 amide bonds. The van der Waals surface area contributed by atoms with Gasteiger partial charge in [0.2, 0.25) is 0 Å². The van der Waals surface area contributed by atoms with E-state index in [9.17, 15) is 18.0 Å². The smallest absolute Gasteiger partial charge is 0.321 e. The van der Waals surface area contributed by atoms with Crippen molar-refractivity contribution in [1.82, 2.24) is 0 Å². The molecule has 2 nitrogen and oxygen atoms in total. The Morgan fingerprint density at radius 3 is 2.22 bits per heavy atom. The van der Waals surface area contributed by atoms with E-state index < -0.39 is 29.0 Å². The van der Waals surface area contributed by atoms with Gasteiger partial charge >= 0.3 is 6.18 Å². The molecular formula is C13H16F3NO. The molecule has 0 spiro atoms. The molecule has 0 aromatic heterocycles. The van der Waals surface area contributed by atoms with Gasteiger partial charge in [-0.05, 0) is 17.5 Å². The maximum atomic E-state index is 12.5. The zero-order valence-electron chi connectivity index (χ0n) is 10.5. The van der Waals surface area contributed by atoms with E-state index in [1.807, 2.05) is 0 Å². The number of halogens is 3. The van der Waals surface area contributed by atoms with Gasteiger partial charge in [-0.15, -0.1) is 0 Å². The maximum Gasteiger partial charge on any atom is 0.416 e. The van der Waals surface area contributed by atoms with Gasteiger partial charge in [0.1, 0.15) is 0 Å². The van der Waals surface area contributed by atoms with E-state index >= 15 is 0 Å². The van der Waals surface area contributed by atoms with Crippen LogP contribution in [0.25, 0.3) is 0 Å². The lowest BCUT2D eigenvalue weighted by Crippen LogP contribution is -2.42. The quantitative estimate of drug-likeness (QED) is 0.828. The van der Waals surface area contributed by atoms with Gasteiger partial charge in [0.15, 0.2) is 5.78 Å². The highest BCUT2D eigenvalue weighted by molar-refractivity contribution is 6.00. The summed E-state index contributed by atoms with van der Waals surface area (Å²) in [7, 11) is 0. The number of Topliss-reactive ketones (excluding diaryl/α,β-unsaturated/α-hetero) is 1. The first-order chi connectivity index (χ1) is 8.03. The number of benzene rings is 1. The van der Waals surface area contributed by atoms with Crippen LogP contribution in [-0.2, 0) is 6.18 Å². The van der Waals surface area contributed by atoms with Crippen molar-refractivity contribution in [3.63, 3.8) is 0 Å². The molecule has 0 bridgehead atoms. The Kier molecular flexibility index (Phi) is 3.86. The Labute approximate surface area is 104 Å². The molecule has 0 fully saturated rings. The van der Waals surface area contributed by atoms with Crippen molar-refractivity contribution in [2.45, 2.75) is 33.0 Å². The summed E-state index contributed by atoms with van der Waals surface area (Å²) >= 11 is 0. The Balaban J connectivity index is 3.09. The average molecular weight is 259 g/mol. The van der Waals surface area contributed by atoms with Crippen LogP contribution in [0, 0.1) is 5.41 Å². The fraction of sp³-hybridized carbons (Fsp3) is 0.462. The molecular weight excluding hydrogens is 243 g/mol. The molecule has 0 aliphatic heterocycles. The van der Waals surface area contributed by atoms with Crippen LogP contribution < -0.4 is 5.73 Å². The topological polar surface area (TPSA) is 43.1 Å². The fourth-order valence-electron chi connectivity index (χ4n) is 1.42. The minimum atomic E-state index is -4.46. The zero-order valence-corrected chi connectivity index (χ0v) is 10.5. The van der Waals surface area contributed by atoms with Crippen molar-refractivity contribution in [2.75, 3.05) is 0 Å². The molecule has 18 heavy (non-hydrogen) atoms. The van der Waals surface area contributed by atoms with E-state index in [0.29, 0.717) is 0 Å². The highest BCUT2D eigenvalue weighted by atomic mass is 19.4. The molecule has 0 radical (unpaired) electrons. The number of alkyl halides is 3. The number of hydrogen-bond donors (Lipinski definition) is 1. The highest BCUT2D eigenvalue weighted by Crippen LogP contribution is 2.30. The molecule has 1 aromatic carbocycles. The van der Waals surface area contributed by atoms with Crippen LogP contribution in [0.15, 0.2) is 24.3 Å². The lowest BCUT2D eigenvalue weighted by Gasteiger charge is -2.25. The molecule has 2 N–H and O–H groups in total. The third kappa shape index (κ3) is 3.32. The van der Waals surface area contributed by atoms with E-state index in [0.717, 1.165) is 12.1 Å². The minimum absolute atomic E-state index is 0.00718. The lowest BCUT2D eigenvalue weighted by atomic mass is 9.83. The predicted molar refractivity (Wildman–Crippen MR) is 63.2 cm³/mol. The molecule has 1 atom stereocenters. The number of ketones is 1. The number of nitrogens with two attached hydrogens (primary N) is 1. The third-order valence-corrected chi connectivity index (χ3v) is 2.69. The van der Waals surface area contributed by atoms with E-state index in [2.05, 4.69) is 0 Å². The van der Waals surface area contributed by atoms with Gasteiger partial charge in [-0.25, -0.2) is 0 Å². The molecule has 5 heteroatoms. The van der Waals surface area contributed by atoms with Crippen LogP contribution in [0.2, 0.25) is 0 Å². The van der Waals surface area contributed by atoms with Crippen molar-refractivity contribution in [2.24, 2.45) is 11.1 Å². The van der Waals surface area contributed by atoms with E-state index in [1.165, 1.54) is 12.1 Å². The van der Waals surface area contributed by atoms with Gasteiger partial charge in [0, 0.05) is 5.56 Å². The van der Waals surface area contributed by atoms with Crippen molar-refractivity contribution >= 4 is 5.78 Å². The van der Waals surface area contributed by atoms with Crippen molar-refractivity contribution in [3.8, 4) is 0 Å². The van der Waals surface area contributed by atoms with Gasteiger partial charge in [0.25, 0.3) is 0 Å². The molecule has 0 saturated carbocycles. The number of rotatable bonds is 2. The van der Waals surface area contributed by atoms with Crippen LogP contribution >= 0.6 is 0 Å². The van der Waals surface area contributed by atoms with E-state index in [1.54, 1.807) is 20.8 Å². The second kappa shape index (κ2) is 4.72. The average Bonchev–Trinajstić information content (AvgIpc) is 2.25. The maximum absolute atomic E-state index is 12.5. The van der Waals surface area contributed by atoms with Crippen LogP contribution in [0.1, 0.15) is 36.7 Å². The first kappa shape index (κ1) is 14.7. The van der Waals surface area contributed by atoms with Gasteiger partial charge in [-0.3, -0.25) is 4.79 Å². The van der Waals surface area contributed by atoms with Crippen LogP contribution in [0.4, 0.5) is 13.2 Å². The number of carbonyl (C=O) groups is 1. The Hall–Kier alpha value is -1.36. The summed E-state index contributed by atoms with van der Waals surface area (Å²) < 4.78 is 37.6. The first-order valence-electron chi connectivity index (χ1n) is 5.50. The minimum Gasteiger partial charge on any atom is -0.321 e. The highest BCUT2D eigenvalue weighted by Gasteiger charge is 2.33. The van der Waals surface area contributed by atoms with Gasteiger partial charge in [-0.2, -0.15) is 13.2 Å². The monoisotopic (exact) mass is 259 g/mol. The van der Waals surface area contributed by atoms with Crippen molar-refractivity contribution in [1.29, 1.82) is 0 Å². The Bertz CT molecular complexity index is 446. The fourth-order valence-corrected chi connectivity index (χ4v) is 1.42. The second-order valence-corrected chi connectivity index (χ2v) is 5.29. The molecule has 0 heterocycles. The molecule has 1 unspecified atom stereocenters. The summed E-state index contributed by atoms with van der Waals surface area (Å²) in [6.07, 6.45) is -4.46.